The predicted molar refractivity (Wildman–Crippen MR) is 59.0 cm³/mol. The molecule has 1 aliphatic rings. The first-order valence-corrected chi connectivity index (χ1v) is 5.14. The lowest BCUT2D eigenvalue weighted by Gasteiger charge is -1.96. The van der Waals surface area contributed by atoms with Gasteiger partial charge < -0.3 is 4.74 Å². The molecule has 0 aromatic heterocycles. The van der Waals surface area contributed by atoms with Gasteiger partial charge in [0.1, 0.15) is 0 Å². The van der Waals surface area contributed by atoms with Gasteiger partial charge in [-0.2, -0.15) is 0 Å². The molecule has 0 aromatic rings. The maximum atomic E-state index is 9.18. The summed E-state index contributed by atoms with van der Waals surface area (Å²) in [5, 5.41) is 0. The van der Waals surface area contributed by atoms with E-state index in [1.807, 2.05) is 0 Å². The number of rotatable bonds is 3. The molecule has 0 saturated heterocycles. The molecule has 82 valence electrons. The van der Waals surface area contributed by atoms with Crippen LogP contribution in [0.5, 0.6) is 0 Å². The fraction of sp³-hybridized carbons (Fsp3) is 0.750. The largest absolute Gasteiger partial charge is 0.468 e. The van der Waals surface area contributed by atoms with E-state index in [0.29, 0.717) is 18.5 Å². The number of allylic oxidation sites excluding steroid dienone is 2. The number of ether oxygens (including phenoxy) is 1. The summed E-state index contributed by atoms with van der Waals surface area (Å²) < 4.78 is 4.15. The van der Waals surface area contributed by atoms with Gasteiger partial charge in [0.15, 0.2) is 0 Å². The van der Waals surface area contributed by atoms with E-state index in [4.69, 9.17) is 0 Å². The Bertz CT molecular complexity index is 200. The van der Waals surface area contributed by atoms with E-state index in [1.54, 1.807) is 6.92 Å². The highest BCUT2D eigenvalue weighted by atomic mass is 16.5. The smallest absolute Gasteiger partial charge is 0.293 e. The molecule has 1 aliphatic carbocycles. The van der Waals surface area contributed by atoms with Crippen molar-refractivity contribution in [1.82, 2.24) is 0 Å². The first kappa shape index (κ1) is 13.2. The fourth-order valence-electron chi connectivity index (χ4n) is 1.26. The normalized spacial score (nSPS) is 21.4. The molecule has 14 heavy (non-hydrogen) atoms. The standard InChI is InChI=1S/C9H16.C3H6O2/c1-7(2)5-8-6-9(8,3)4;1-2-5-3-4/h5,8H,6H2,1-4H3;3H,2H2,1H3. The molecule has 1 rings (SSSR count). The molecule has 1 atom stereocenters. The SMILES string of the molecule is CC(C)=CC1CC1(C)C.CCOC=O. The molecule has 1 saturated carbocycles. The molecular formula is C12H22O2. The van der Waals surface area contributed by atoms with Gasteiger partial charge in [0, 0.05) is 0 Å². The Kier molecular flexibility index (Phi) is 5.51. The van der Waals surface area contributed by atoms with Gasteiger partial charge >= 0.3 is 0 Å². The summed E-state index contributed by atoms with van der Waals surface area (Å²) in [5.41, 5.74) is 2.09. The first-order chi connectivity index (χ1) is 6.44. The van der Waals surface area contributed by atoms with Crippen molar-refractivity contribution in [2.75, 3.05) is 6.61 Å². The highest BCUT2D eigenvalue weighted by molar-refractivity contribution is 5.36. The third kappa shape index (κ3) is 5.79. The van der Waals surface area contributed by atoms with E-state index in [1.165, 1.54) is 12.0 Å². The topological polar surface area (TPSA) is 26.3 Å². The van der Waals surface area contributed by atoms with Crippen LogP contribution in [-0.4, -0.2) is 13.1 Å². The van der Waals surface area contributed by atoms with E-state index in [9.17, 15) is 4.79 Å². The minimum Gasteiger partial charge on any atom is -0.468 e. The van der Waals surface area contributed by atoms with Crippen molar-refractivity contribution in [2.24, 2.45) is 11.3 Å². The molecule has 0 amide bonds. The Balaban J connectivity index is 0.000000292. The molecule has 0 bridgehead atoms. The summed E-state index contributed by atoms with van der Waals surface area (Å²) in [5.74, 6) is 0.877. The predicted octanol–water partition coefficient (Wildman–Crippen LogP) is 3.18. The van der Waals surface area contributed by atoms with Crippen molar-refractivity contribution in [3.05, 3.63) is 11.6 Å². The average Bonchev–Trinajstić information content (AvgIpc) is 2.59. The Labute approximate surface area is 87.3 Å². The van der Waals surface area contributed by atoms with Crippen LogP contribution in [0.1, 0.15) is 41.0 Å². The fourth-order valence-corrected chi connectivity index (χ4v) is 1.26. The Hall–Kier alpha value is -0.790. The molecule has 0 N–H and O–H groups in total. The molecule has 0 heterocycles. The van der Waals surface area contributed by atoms with E-state index in [2.05, 4.69) is 38.5 Å². The van der Waals surface area contributed by atoms with Gasteiger partial charge in [-0.1, -0.05) is 25.5 Å². The van der Waals surface area contributed by atoms with E-state index in [-0.39, 0.29) is 0 Å². The summed E-state index contributed by atoms with van der Waals surface area (Å²) in [7, 11) is 0. The summed E-state index contributed by atoms with van der Waals surface area (Å²) in [6.07, 6.45) is 3.78. The molecular weight excluding hydrogens is 176 g/mol. The van der Waals surface area contributed by atoms with Crippen molar-refractivity contribution >= 4 is 6.47 Å². The summed E-state index contributed by atoms with van der Waals surface area (Å²) in [4.78, 5) is 9.18. The first-order valence-electron chi connectivity index (χ1n) is 5.14. The quantitative estimate of drug-likeness (QED) is 0.514. The second-order valence-corrected chi connectivity index (χ2v) is 4.59. The van der Waals surface area contributed by atoms with Gasteiger partial charge in [-0.15, -0.1) is 0 Å². The van der Waals surface area contributed by atoms with Crippen LogP contribution in [0, 0.1) is 11.3 Å². The third-order valence-corrected chi connectivity index (χ3v) is 2.36. The molecule has 1 unspecified atom stereocenters. The van der Waals surface area contributed by atoms with Gasteiger partial charge in [-0.3, -0.25) is 4.79 Å². The highest BCUT2D eigenvalue weighted by Gasteiger charge is 2.43. The molecule has 2 nitrogen and oxygen atoms in total. The van der Waals surface area contributed by atoms with Crippen LogP contribution in [0.25, 0.3) is 0 Å². The third-order valence-electron chi connectivity index (χ3n) is 2.36. The van der Waals surface area contributed by atoms with Crippen LogP contribution < -0.4 is 0 Å². The summed E-state index contributed by atoms with van der Waals surface area (Å²) in [6.45, 7) is 11.7. The second kappa shape index (κ2) is 5.84. The van der Waals surface area contributed by atoms with Crippen LogP contribution in [0.2, 0.25) is 0 Å². The van der Waals surface area contributed by atoms with Gasteiger partial charge in [0.05, 0.1) is 6.61 Å². The maximum absolute atomic E-state index is 9.18. The van der Waals surface area contributed by atoms with Gasteiger partial charge in [0.2, 0.25) is 0 Å². The van der Waals surface area contributed by atoms with Crippen molar-refractivity contribution in [3.63, 3.8) is 0 Å². The Morgan fingerprint density at radius 3 is 2.07 bits per heavy atom. The van der Waals surface area contributed by atoms with Gasteiger partial charge in [-0.25, -0.2) is 0 Å². The molecule has 0 aromatic carbocycles. The lowest BCUT2D eigenvalue weighted by molar-refractivity contribution is -0.128. The zero-order valence-corrected chi connectivity index (χ0v) is 9.96. The summed E-state index contributed by atoms with van der Waals surface area (Å²) >= 11 is 0. The number of carbonyl (C=O) groups is 1. The Morgan fingerprint density at radius 1 is 1.50 bits per heavy atom. The number of hydrogen-bond acceptors (Lipinski definition) is 2. The van der Waals surface area contributed by atoms with Gasteiger partial charge in [-0.05, 0) is 38.5 Å². The van der Waals surface area contributed by atoms with E-state index in [0.717, 1.165) is 5.92 Å². The molecule has 0 spiro atoms. The van der Waals surface area contributed by atoms with Crippen molar-refractivity contribution in [1.29, 1.82) is 0 Å². The van der Waals surface area contributed by atoms with Crippen LogP contribution in [0.4, 0.5) is 0 Å². The lowest BCUT2D eigenvalue weighted by Crippen LogP contribution is -1.86. The molecule has 1 fully saturated rings. The second-order valence-electron chi connectivity index (χ2n) is 4.59. The molecule has 2 heteroatoms. The minimum atomic E-state index is 0.431. The van der Waals surface area contributed by atoms with E-state index >= 15 is 0 Å². The van der Waals surface area contributed by atoms with Crippen LogP contribution in [0.15, 0.2) is 11.6 Å². The average molecular weight is 198 g/mol. The van der Waals surface area contributed by atoms with E-state index < -0.39 is 0 Å². The lowest BCUT2D eigenvalue weighted by atomic mass is 10.1. The number of carbonyl (C=O) groups excluding carboxylic acids is 1. The maximum Gasteiger partial charge on any atom is 0.293 e. The molecule has 0 radical (unpaired) electrons. The van der Waals surface area contributed by atoms with Crippen molar-refractivity contribution < 1.29 is 9.53 Å². The molecule has 0 aliphatic heterocycles. The minimum absolute atomic E-state index is 0.431. The number of hydrogen-bond donors (Lipinski definition) is 0. The van der Waals surface area contributed by atoms with Crippen LogP contribution in [-0.2, 0) is 9.53 Å². The Morgan fingerprint density at radius 2 is 2.00 bits per heavy atom. The highest BCUT2D eigenvalue weighted by Crippen LogP contribution is 2.52. The zero-order valence-electron chi connectivity index (χ0n) is 9.96. The van der Waals surface area contributed by atoms with Gasteiger partial charge in [0.25, 0.3) is 6.47 Å². The van der Waals surface area contributed by atoms with Crippen molar-refractivity contribution in [3.8, 4) is 0 Å². The van der Waals surface area contributed by atoms with Crippen LogP contribution >= 0.6 is 0 Å². The van der Waals surface area contributed by atoms with Crippen LogP contribution in [0.3, 0.4) is 0 Å². The summed E-state index contributed by atoms with van der Waals surface area (Å²) in [6, 6.07) is 0. The monoisotopic (exact) mass is 198 g/mol. The van der Waals surface area contributed by atoms with Crippen molar-refractivity contribution in [2.45, 2.75) is 41.0 Å². The zero-order chi connectivity index (χ0) is 11.2.